The maximum atomic E-state index is 5.76. The van der Waals surface area contributed by atoms with E-state index in [1.807, 2.05) is 16.8 Å². The lowest BCUT2D eigenvalue weighted by atomic mass is 10.1. The molecule has 3 rings (SSSR count). The molecule has 0 saturated heterocycles. The molecule has 170 valence electrons. The van der Waals surface area contributed by atoms with E-state index in [0.717, 1.165) is 68.9 Å². The summed E-state index contributed by atoms with van der Waals surface area (Å²) in [5.74, 6) is 4.09. The normalized spacial score (nSPS) is 16.3. The van der Waals surface area contributed by atoms with Crippen LogP contribution in [0.25, 0.3) is 0 Å². The summed E-state index contributed by atoms with van der Waals surface area (Å²) in [6.45, 7) is 9.92. The average Bonchev–Trinajstić information content (AvgIpc) is 3.15. The van der Waals surface area contributed by atoms with E-state index in [9.17, 15) is 0 Å². The molecule has 1 atom stereocenters. The molecule has 0 saturated carbocycles. The van der Waals surface area contributed by atoms with E-state index in [0.29, 0.717) is 12.5 Å². The van der Waals surface area contributed by atoms with Gasteiger partial charge >= 0.3 is 0 Å². The van der Waals surface area contributed by atoms with Crippen molar-refractivity contribution in [2.24, 2.45) is 10.9 Å². The van der Waals surface area contributed by atoms with Crippen molar-refractivity contribution in [1.29, 1.82) is 0 Å². The number of guanidine groups is 1. The SMILES string of the molecule is CCNC(=NCCc1ccc(OCC(C)C)cc1)NC1CCc2nc(COC)nn2C1. The van der Waals surface area contributed by atoms with Crippen LogP contribution in [0.15, 0.2) is 29.3 Å². The molecular formula is C23H36N6O2. The van der Waals surface area contributed by atoms with Crippen molar-refractivity contribution in [2.75, 3.05) is 26.8 Å². The lowest BCUT2D eigenvalue weighted by Crippen LogP contribution is -2.47. The van der Waals surface area contributed by atoms with Gasteiger partial charge in [0.15, 0.2) is 11.8 Å². The Morgan fingerprint density at radius 2 is 2.10 bits per heavy atom. The van der Waals surface area contributed by atoms with Crippen LogP contribution in [0.1, 0.15) is 44.4 Å². The third kappa shape index (κ3) is 7.24. The van der Waals surface area contributed by atoms with Crippen LogP contribution < -0.4 is 15.4 Å². The number of aliphatic imine (C=N–C) groups is 1. The Morgan fingerprint density at radius 3 is 2.81 bits per heavy atom. The summed E-state index contributed by atoms with van der Waals surface area (Å²) >= 11 is 0. The molecule has 0 amide bonds. The van der Waals surface area contributed by atoms with Crippen molar-refractivity contribution in [3.05, 3.63) is 41.5 Å². The van der Waals surface area contributed by atoms with Crippen molar-refractivity contribution in [2.45, 2.75) is 59.2 Å². The Balaban J connectivity index is 1.50. The van der Waals surface area contributed by atoms with Crippen LogP contribution in [0.4, 0.5) is 0 Å². The minimum atomic E-state index is 0.278. The number of hydrogen-bond donors (Lipinski definition) is 2. The number of fused-ring (bicyclic) bond motifs is 1. The van der Waals surface area contributed by atoms with Gasteiger partial charge in [-0.3, -0.25) is 4.99 Å². The van der Waals surface area contributed by atoms with Gasteiger partial charge in [0.1, 0.15) is 18.2 Å². The summed E-state index contributed by atoms with van der Waals surface area (Å²) in [6.07, 6.45) is 2.80. The number of aromatic nitrogens is 3. The van der Waals surface area contributed by atoms with Crippen LogP contribution in [0.5, 0.6) is 5.75 Å². The summed E-state index contributed by atoms with van der Waals surface area (Å²) in [7, 11) is 1.67. The first-order valence-electron chi connectivity index (χ1n) is 11.3. The molecule has 0 aliphatic carbocycles. The van der Waals surface area contributed by atoms with E-state index < -0.39 is 0 Å². The molecule has 2 aromatic rings. The highest BCUT2D eigenvalue weighted by atomic mass is 16.5. The molecule has 1 aromatic heterocycles. The summed E-state index contributed by atoms with van der Waals surface area (Å²) in [4.78, 5) is 9.32. The number of ether oxygens (including phenoxy) is 2. The van der Waals surface area contributed by atoms with Gasteiger partial charge in [-0.25, -0.2) is 9.67 Å². The van der Waals surface area contributed by atoms with Gasteiger partial charge in [-0.1, -0.05) is 26.0 Å². The van der Waals surface area contributed by atoms with Crippen molar-refractivity contribution in [1.82, 2.24) is 25.4 Å². The number of hydrogen-bond acceptors (Lipinski definition) is 5. The van der Waals surface area contributed by atoms with Crippen molar-refractivity contribution in [3.8, 4) is 5.75 Å². The molecular weight excluding hydrogens is 392 g/mol. The van der Waals surface area contributed by atoms with E-state index in [4.69, 9.17) is 14.5 Å². The van der Waals surface area contributed by atoms with Gasteiger partial charge in [0, 0.05) is 32.7 Å². The second kappa shape index (κ2) is 11.7. The Kier molecular flexibility index (Phi) is 8.70. The van der Waals surface area contributed by atoms with Crippen LogP contribution in [0, 0.1) is 5.92 Å². The largest absolute Gasteiger partial charge is 0.493 e. The van der Waals surface area contributed by atoms with Crippen LogP contribution in [0.2, 0.25) is 0 Å². The van der Waals surface area contributed by atoms with Gasteiger partial charge in [0.05, 0.1) is 13.2 Å². The summed E-state index contributed by atoms with van der Waals surface area (Å²) in [6, 6.07) is 8.60. The number of aryl methyl sites for hydroxylation is 1. The number of methoxy groups -OCH3 is 1. The first-order valence-corrected chi connectivity index (χ1v) is 11.3. The molecule has 0 spiro atoms. The van der Waals surface area contributed by atoms with E-state index in [1.165, 1.54) is 5.56 Å². The van der Waals surface area contributed by atoms with Gasteiger partial charge in [-0.15, -0.1) is 0 Å². The third-order valence-electron chi connectivity index (χ3n) is 5.04. The fraction of sp³-hybridized carbons (Fsp3) is 0.609. The number of rotatable bonds is 10. The van der Waals surface area contributed by atoms with Crippen LogP contribution in [-0.2, 0) is 30.7 Å². The van der Waals surface area contributed by atoms with Crippen LogP contribution in [-0.4, -0.2) is 53.6 Å². The first-order chi connectivity index (χ1) is 15.1. The Bertz CT molecular complexity index is 831. The highest BCUT2D eigenvalue weighted by Crippen LogP contribution is 2.15. The smallest absolute Gasteiger partial charge is 0.191 e. The van der Waals surface area contributed by atoms with Crippen molar-refractivity contribution >= 4 is 5.96 Å². The fourth-order valence-electron chi connectivity index (χ4n) is 3.49. The van der Waals surface area contributed by atoms with E-state index in [2.05, 4.69) is 53.6 Å². The van der Waals surface area contributed by atoms with E-state index in [-0.39, 0.29) is 6.04 Å². The number of nitrogens with zero attached hydrogens (tertiary/aromatic N) is 4. The average molecular weight is 429 g/mol. The molecule has 8 heteroatoms. The molecule has 2 heterocycles. The molecule has 1 unspecified atom stereocenters. The minimum Gasteiger partial charge on any atom is -0.493 e. The van der Waals surface area contributed by atoms with Crippen molar-refractivity contribution in [3.63, 3.8) is 0 Å². The predicted molar refractivity (Wildman–Crippen MR) is 122 cm³/mol. The van der Waals surface area contributed by atoms with Crippen LogP contribution >= 0.6 is 0 Å². The maximum absolute atomic E-state index is 5.76. The van der Waals surface area contributed by atoms with Crippen LogP contribution in [0.3, 0.4) is 0 Å². The molecule has 0 radical (unpaired) electrons. The standard InChI is InChI=1S/C23H36N6O2/c1-5-24-23(25-13-12-18-6-9-20(10-7-18)31-15-17(2)3)26-19-8-11-22-27-21(16-30-4)28-29(22)14-19/h6-7,9-10,17,19H,5,8,11-16H2,1-4H3,(H2,24,25,26). The maximum Gasteiger partial charge on any atom is 0.191 e. The Morgan fingerprint density at radius 1 is 1.29 bits per heavy atom. The zero-order valence-electron chi connectivity index (χ0n) is 19.2. The molecule has 0 bridgehead atoms. The number of nitrogens with one attached hydrogen (secondary N) is 2. The third-order valence-corrected chi connectivity index (χ3v) is 5.04. The monoisotopic (exact) mass is 428 g/mol. The molecule has 8 nitrogen and oxygen atoms in total. The Hall–Kier alpha value is -2.61. The first kappa shape index (κ1) is 23.1. The summed E-state index contributed by atoms with van der Waals surface area (Å²) in [5.41, 5.74) is 1.26. The predicted octanol–water partition coefficient (Wildman–Crippen LogP) is 2.57. The van der Waals surface area contributed by atoms with Crippen molar-refractivity contribution < 1.29 is 9.47 Å². The van der Waals surface area contributed by atoms with Gasteiger partial charge in [-0.2, -0.15) is 5.10 Å². The van der Waals surface area contributed by atoms with E-state index in [1.54, 1.807) is 7.11 Å². The van der Waals surface area contributed by atoms with Gasteiger partial charge < -0.3 is 20.1 Å². The van der Waals surface area contributed by atoms with Gasteiger partial charge in [-0.05, 0) is 43.4 Å². The molecule has 1 aliphatic rings. The molecule has 31 heavy (non-hydrogen) atoms. The molecule has 0 fully saturated rings. The van der Waals surface area contributed by atoms with Gasteiger partial charge in [0.25, 0.3) is 0 Å². The second-order valence-electron chi connectivity index (χ2n) is 8.30. The highest BCUT2D eigenvalue weighted by Gasteiger charge is 2.22. The molecule has 2 N–H and O–H groups in total. The highest BCUT2D eigenvalue weighted by molar-refractivity contribution is 5.80. The summed E-state index contributed by atoms with van der Waals surface area (Å²) in [5, 5.41) is 11.5. The lowest BCUT2D eigenvalue weighted by Gasteiger charge is -2.25. The minimum absolute atomic E-state index is 0.278. The summed E-state index contributed by atoms with van der Waals surface area (Å²) < 4.78 is 12.9. The molecule has 1 aromatic carbocycles. The fourth-order valence-corrected chi connectivity index (χ4v) is 3.49. The topological polar surface area (TPSA) is 85.6 Å². The quantitative estimate of drug-likeness (QED) is 0.447. The Labute approximate surface area is 185 Å². The lowest BCUT2D eigenvalue weighted by molar-refractivity contribution is 0.177. The zero-order chi connectivity index (χ0) is 22.1. The van der Waals surface area contributed by atoms with E-state index >= 15 is 0 Å². The number of benzene rings is 1. The van der Waals surface area contributed by atoms with Gasteiger partial charge in [0.2, 0.25) is 0 Å². The zero-order valence-corrected chi connectivity index (χ0v) is 19.2. The second-order valence-corrected chi connectivity index (χ2v) is 8.30. The molecule has 1 aliphatic heterocycles.